The van der Waals surface area contributed by atoms with Crippen LogP contribution in [-0.2, 0) is 0 Å². The van der Waals surface area contributed by atoms with Gasteiger partial charge in [0.15, 0.2) is 0 Å². The first kappa shape index (κ1) is 13.4. The van der Waals surface area contributed by atoms with Gasteiger partial charge in [-0.15, -0.1) is 0 Å². The predicted octanol–water partition coefficient (Wildman–Crippen LogP) is 3.83. The third-order valence-corrected chi connectivity index (χ3v) is 3.70. The molecule has 3 nitrogen and oxygen atoms in total. The van der Waals surface area contributed by atoms with E-state index in [0.29, 0.717) is 0 Å². The second kappa shape index (κ2) is 5.83. The van der Waals surface area contributed by atoms with Crippen LogP contribution in [0.1, 0.15) is 28.6 Å². The number of aryl methyl sites for hydroxylation is 2. The van der Waals surface area contributed by atoms with E-state index in [4.69, 9.17) is 0 Å². The lowest BCUT2D eigenvalue weighted by molar-refractivity contribution is 0.725. The molecular weight excluding hydrogens is 258 g/mol. The van der Waals surface area contributed by atoms with Crippen molar-refractivity contribution in [3.8, 4) is 0 Å². The molecular formula is C18H19N3. The first-order valence-electron chi connectivity index (χ1n) is 7.12. The average Bonchev–Trinajstić information content (AvgIpc) is 2.85. The van der Waals surface area contributed by atoms with Gasteiger partial charge in [0.05, 0.1) is 6.04 Å². The zero-order valence-electron chi connectivity index (χ0n) is 12.3. The van der Waals surface area contributed by atoms with Gasteiger partial charge in [0, 0.05) is 23.8 Å². The van der Waals surface area contributed by atoms with Gasteiger partial charge >= 0.3 is 0 Å². The summed E-state index contributed by atoms with van der Waals surface area (Å²) >= 11 is 0. The standard InChI is InChI=1S/C18H19N3/c1-14-8-9-15(2)21(14)20-18(16-6-4-3-5-7-16)17-10-12-19-13-11-17/h3-13,18,20H,1-2H3. The Morgan fingerprint density at radius 2 is 1.38 bits per heavy atom. The number of nitrogens with zero attached hydrogens (tertiary/aromatic N) is 2. The summed E-state index contributed by atoms with van der Waals surface area (Å²) in [6, 6.07) is 18.9. The Balaban J connectivity index is 2.01. The minimum absolute atomic E-state index is 0.0963. The summed E-state index contributed by atoms with van der Waals surface area (Å²) in [6.07, 6.45) is 3.67. The van der Waals surface area contributed by atoms with E-state index in [1.165, 1.54) is 22.5 Å². The van der Waals surface area contributed by atoms with Crippen molar-refractivity contribution in [2.24, 2.45) is 0 Å². The maximum absolute atomic E-state index is 4.12. The molecule has 2 heterocycles. The van der Waals surface area contributed by atoms with E-state index in [1.54, 1.807) is 0 Å². The molecule has 21 heavy (non-hydrogen) atoms. The zero-order chi connectivity index (χ0) is 14.7. The van der Waals surface area contributed by atoms with Crippen molar-refractivity contribution < 1.29 is 0 Å². The second-order valence-corrected chi connectivity index (χ2v) is 5.20. The molecule has 0 spiro atoms. The number of hydrogen-bond acceptors (Lipinski definition) is 2. The van der Waals surface area contributed by atoms with Gasteiger partial charge in [-0.1, -0.05) is 30.3 Å². The minimum atomic E-state index is 0.0963. The van der Waals surface area contributed by atoms with E-state index in [2.05, 4.69) is 77.5 Å². The summed E-state index contributed by atoms with van der Waals surface area (Å²) in [4.78, 5) is 4.12. The topological polar surface area (TPSA) is 29.9 Å². The Morgan fingerprint density at radius 1 is 0.810 bits per heavy atom. The molecule has 3 heteroatoms. The van der Waals surface area contributed by atoms with Crippen molar-refractivity contribution in [2.45, 2.75) is 19.9 Å². The highest BCUT2D eigenvalue weighted by molar-refractivity contribution is 5.34. The summed E-state index contributed by atoms with van der Waals surface area (Å²) < 4.78 is 2.14. The molecule has 0 aliphatic heterocycles. The molecule has 3 rings (SSSR count). The van der Waals surface area contributed by atoms with E-state index < -0.39 is 0 Å². The maximum Gasteiger partial charge on any atom is 0.0925 e. The molecule has 0 aliphatic carbocycles. The van der Waals surface area contributed by atoms with Crippen molar-refractivity contribution >= 4 is 0 Å². The highest BCUT2D eigenvalue weighted by Gasteiger charge is 2.15. The van der Waals surface area contributed by atoms with Crippen LogP contribution >= 0.6 is 0 Å². The Bertz CT molecular complexity index is 643. The summed E-state index contributed by atoms with van der Waals surface area (Å²) in [5.74, 6) is 0. The van der Waals surface area contributed by atoms with E-state index in [9.17, 15) is 0 Å². The quantitative estimate of drug-likeness (QED) is 0.785. The molecule has 0 aliphatic rings. The Hall–Kier alpha value is -2.55. The molecule has 0 saturated carbocycles. The summed E-state index contributed by atoms with van der Waals surface area (Å²) in [7, 11) is 0. The van der Waals surface area contributed by atoms with Crippen LogP contribution in [0.15, 0.2) is 67.0 Å². The molecule has 0 saturated heterocycles. The number of nitrogens with one attached hydrogen (secondary N) is 1. The molecule has 0 amide bonds. The van der Waals surface area contributed by atoms with Crippen LogP contribution in [0.5, 0.6) is 0 Å². The molecule has 3 aromatic rings. The molecule has 0 fully saturated rings. The molecule has 0 radical (unpaired) electrons. The molecule has 1 aromatic carbocycles. The largest absolute Gasteiger partial charge is 0.314 e. The fraction of sp³-hybridized carbons (Fsp3) is 0.167. The van der Waals surface area contributed by atoms with Gasteiger partial charge in [0.2, 0.25) is 0 Å². The van der Waals surface area contributed by atoms with Gasteiger partial charge in [0.1, 0.15) is 0 Å². The van der Waals surface area contributed by atoms with Crippen LogP contribution < -0.4 is 5.43 Å². The predicted molar refractivity (Wildman–Crippen MR) is 85.8 cm³/mol. The normalized spacial score (nSPS) is 12.1. The third kappa shape index (κ3) is 2.82. The first-order valence-corrected chi connectivity index (χ1v) is 7.12. The molecule has 106 valence electrons. The van der Waals surface area contributed by atoms with Crippen LogP contribution in [0.2, 0.25) is 0 Å². The van der Waals surface area contributed by atoms with Gasteiger partial charge in [-0.2, -0.15) is 0 Å². The molecule has 1 N–H and O–H groups in total. The van der Waals surface area contributed by atoms with Gasteiger partial charge in [0.25, 0.3) is 0 Å². The van der Waals surface area contributed by atoms with Gasteiger partial charge in [-0.05, 0) is 49.2 Å². The molecule has 0 bridgehead atoms. The molecule has 1 unspecified atom stereocenters. The monoisotopic (exact) mass is 277 g/mol. The lowest BCUT2D eigenvalue weighted by Gasteiger charge is -2.23. The Labute approximate surface area is 125 Å². The highest BCUT2D eigenvalue weighted by Crippen LogP contribution is 2.23. The smallest absolute Gasteiger partial charge is 0.0925 e. The summed E-state index contributed by atoms with van der Waals surface area (Å²) in [5, 5.41) is 0. The fourth-order valence-electron chi connectivity index (χ4n) is 2.54. The SMILES string of the molecule is Cc1ccc(C)n1NC(c1ccccc1)c1ccncc1. The van der Waals surface area contributed by atoms with Crippen LogP contribution in [0.3, 0.4) is 0 Å². The molecule has 2 aromatic heterocycles. The number of aromatic nitrogens is 2. The average molecular weight is 277 g/mol. The number of pyridine rings is 1. The summed E-state index contributed by atoms with van der Waals surface area (Å²) in [5.41, 5.74) is 8.44. The minimum Gasteiger partial charge on any atom is -0.314 e. The summed E-state index contributed by atoms with van der Waals surface area (Å²) in [6.45, 7) is 4.21. The van der Waals surface area contributed by atoms with Gasteiger partial charge in [-0.3, -0.25) is 9.66 Å². The van der Waals surface area contributed by atoms with E-state index >= 15 is 0 Å². The van der Waals surface area contributed by atoms with Crippen LogP contribution in [0, 0.1) is 13.8 Å². The van der Waals surface area contributed by atoms with Crippen molar-refractivity contribution in [1.82, 2.24) is 9.66 Å². The van der Waals surface area contributed by atoms with Crippen molar-refractivity contribution in [2.75, 3.05) is 5.43 Å². The van der Waals surface area contributed by atoms with E-state index in [-0.39, 0.29) is 6.04 Å². The lowest BCUT2D eigenvalue weighted by Crippen LogP contribution is -2.24. The third-order valence-electron chi connectivity index (χ3n) is 3.70. The highest BCUT2D eigenvalue weighted by atomic mass is 15.4. The number of rotatable bonds is 4. The van der Waals surface area contributed by atoms with E-state index in [1.807, 2.05) is 18.5 Å². The van der Waals surface area contributed by atoms with Crippen LogP contribution in [0.4, 0.5) is 0 Å². The lowest BCUT2D eigenvalue weighted by atomic mass is 10.0. The maximum atomic E-state index is 4.12. The second-order valence-electron chi connectivity index (χ2n) is 5.20. The Kier molecular flexibility index (Phi) is 3.73. The van der Waals surface area contributed by atoms with E-state index in [0.717, 1.165) is 0 Å². The zero-order valence-corrected chi connectivity index (χ0v) is 12.3. The van der Waals surface area contributed by atoms with Crippen LogP contribution in [-0.4, -0.2) is 9.66 Å². The first-order chi connectivity index (χ1) is 10.3. The Morgan fingerprint density at radius 3 is 2.00 bits per heavy atom. The number of hydrogen-bond donors (Lipinski definition) is 1. The van der Waals surface area contributed by atoms with Crippen molar-refractivity contribution in [3.05, 3.63) is 89.5 Å². The van der Waals surface area contributed by atoms with Crippen molar-refractivity contribution in [1.29, 1.82) is 0 Å². The van der Waals surface area contributed by atoms with Gasteiger partial charge < -0.3 is 5.43 Å². The van der Waals surface area contributed by atoms with Crippen LogP contribution in [0.25, 0.3) is 0 Å². The molecule has 1 atom stereocenters. The van der Waals surface area contributed by atoms with Crippen molar-refractivity contribution in [3.63, 3.8) is 0 Å². The van der Waals surface area contributed by atoms with Gasteiger partial charge in [-0.25, -0.2) is 0 Å². The number of benzene rings is 1. The fourth-order valence-corrected chi connectivity index (χ4v) is 2.54.